The lowest BCUT2D eigenvalue weighted by molar-refractivity contribution is -0.148. The van der Waals surface area contributed by atoms with Crippen LogP contribution in [-0.2, 0) is 9.53 Å². The zero-order chi connectivity index (χ0) is 13.6. The van der Waals surface area contributed by atoms with Gasteiger partial charge in [-0.15, -0.1) is 0 Å². The zero-order valence-electron chi connectivity index (χ0n) is 12.3. The van der Waals surface area contributed by atoms with E-state index < -0.39 is 5.54 Å². The number of hydrogen-bond acceptors (Lipinski definition) is 4. The number of rotatable bonds is 6. The molecule has 0 bridgehead atoms. The van der Waals surface area contributed by atoms with Gasteiger partial charge < -0.3 is 10.1 Å². The first-order chi connectivity index (χ1) is 8.57. The largest absolute Gasteiger partial charge is 0.468 e. The summed E-state index contributed by atoms with van der Waals surface area (Å²) in [5.41, 5.74) is -0.609. The summed E-state index contributed by atoms with van der Waals surface area (Å²) in [4.78, 5) is 14.3. The van der Waals surface area contributed by atoms with Crippen molar-refractivity contribution < 1.29 is 9.53 Å². The molecule has 0 aromatic carbocycles. The van der Waals surface area contributed by atoms with Crippen molar-refractivity contribution in [1.29, 1.82) is 0 Å². The lowest BCUT2D eigenvalue weighted by Gasteiger charge is -2.39. The molecule has 18 heavy (non-hydrogen) atoms. The zero-order valence-corrected chi connectivity index (χ0v) is 12.3. The SMILES string of the molecule is CCN(CC(C)(NC)C(=O)OC)C1CCCCC1. The number of esters is 1. The van der Waals surface area contributed by atoms with E-state index in [1.807, 2.05) is 14.0 Å². The summed E-state index contributed by atoms with van der Waals surface area (Å²) < 4.78 is 4.91. The molecule has 1 saturated carbocycles. The van der Waals surface area contributed by atoms with Crippen LogP contribution in [0.1, 0.15) is 46.0 Å². The first kappa shape index (κ1) is 15.4. The van der Waals surface area contributed by atoms with Gasteiger partial charge in [0.25, 0.3) is 0 Å². The summed E-state index contributed by atoms with van der Waals surface area (Å²) >= 11 is 0. The third-order valence-corrected chi connectivity index (χ3v) is 4.20. The molecule has 0 saturated heterocycles. The molecule has 4 heteroatoms. The molecule has 0 spiro atoms. The Morgan fingerprint density at radius 3 is 2.44 bits per heavy atom. The molecule has 0 radical (unpaired) electrons. The highest BCUT2D eigenvalue weighted by Crippen LogP contribution is 2.24. The number of carbonyl (C=O) groups excluding carboxylic acids is 1. The molecule has 0 amide bonds. The second-order valence-electron chi connectivity index (χ2n) is 5.43. The third-order valence-electron chi connectivity index (χ3n) is 4.20. The second kappa shape index (κ2) is 7.10. The first-order valence-electron chi connectivity index (χ1n) is 7.08. The Morgan fingerprint density at radius 2 is 2.00 bits per heavy atom. The Balaban J connectivity index is 2.67. The molecule has 106 valence electrons. The summed E-state index contributed by atoms with van der Waals surface area (Å²) in [6.07, 6.45) is 6.50. The van der Waals surface area contributed by atoms with E-state index >= 15 is 0 Å². The van der Waals surface area contributed by atoms with Crippen molar-refractivity contribution in [3.05, 3.63) is 0 Å². The van der Waals surface area contributed by atoms with E-state index in [4.69, 9.17) is 4.74 Å². The van der Waals surface area contributed by atoms with E-state index in [0.29, 0.717) is 6.04 Å². The number of nitrogens with zero attached hydrogens (tertiary/aromatic N) is 1. The number of nitrogens with one attached hydrogen (secondary N) is 1. The number of ether oxygens (including phenoxy) is 1. The van der Waals surface area contributed by atoms with Crippen molar-refractivity contribution in [1.82, 2.24) is 10.2 Å². The summed E-state index contributed by atoms with van der Waals surface area (Å²) in [7, 11) is 3.28. The molecule has 1 fully saturated rings. The fraction of sp³-hybridized carbons (Fsp3) is 0.929. The third kappa shape index (κ3) is 3.69. The minimum atomic E-state index is -0.609. The van der Waals surface area contributed by atoms with Gasteiger partial charge in [0, 0.05) is 12.6 Å². The molecular formula is C14H28N2O2. The summed E-state index contributed by atoms with van der Waals surface area (Å²) in [6.45, 7) is 5.79. The lowest BCUT2D eigenvalue weighted by Crippen LogP contribution is -2.58. The van der Waals surface area contributed by atoms with E-state index in [1.54, 1.807) is 0 Å². The Morgan fingerprint density at radius 1 is 1.39 bits per heavy atom. The minimum Gasteiger partial charge on any atom is -0.468 e. The second-order valence-corrected chi connectivity index (χ2v) is 5.43. The van der Waals surface area contributed by atoms with Crippen LogP contribution in [0.5, 0.6) is 0 Å². The van der Waals surface area contributed by atoms with Crippen molar-refractivity contribution in [2.75, 3.05) is 27.2 Å². The summed E-state index contributed by atoms with van der Waals surface area (Å²) in [6, 6.07) is 0.626. The van der Waals surface area contributed by atoms with Crippen LogP contribution >= 0.6 is 0 Å². The maximum absolute atomic E-state index is 11.9. The quantitative estimate of drug-likeness (QED) is 0.736. The van der Waals surface area contributed by atoms with Crippen LogP contribution in [0.25, 0.3) is 0 Å². The summed E-state index contributed by atoms with van der Waals surface area (Å²) in [5, 5.41) is 3.12. The topological polar surface area (TPSA) is 41.6 Å². The number of carbonyl (C=O) groups is 1. The molecule has 0 aromatic rings. The fourth-order valence-corrected chi connectivity index (χ4v) is 2.82. The van der Waals surface area contributed by atoms with Crippen LogP contribution < -0.4 is 5.32 Å². The highest BCUT2D eigenvalue weighted by atomic mass is 16.5. The van der Waals surface area contributed by atoms with Crippen LogP contribution in [0.2, 0.25) is 0 Å². The Bertz CT molecular complexity index is 265. The molecule has 1 N–H and O–H groups in total. The van der Waals surface area contributed by atoms with Gasteiger partial charge in [-0.2, -0.15) is 0 Å². The van der Waals surface area contributed by atoms with Gasteiger partial charge in [-0.05, 0) is 33.4 Å². The molecule has 1 aliphatic rings. The van der Waals surface area contributed by atoms with Gasteiger partial charge in [0.15, 0.2) is 0 Å². The fourth-order valence-electron chi connectivity index (χ4n) is 2.82. The number of hydrogen-bond donors (Lipinski definition) is 1. The van der Waals surface area contributed by atoms with Gasteiger partial charge in [0.2, 0.25) is 0 Å². The van der Waals surface area contributed by atoms with E-state index in [9.17, 15) is 4.79 Å². The highest BCUT2D eigenvalue weighted by Gasteiger charge is 2.36. The average Bonchev–Trinajstić information content (AvgIpc) is 2.44. The van der Waals surface area contributed by atoms with Gasteiger partial charge in [0.1, 0.15) is 5.54 Å². The smallest absolute Gasteiger partial charge is 0.327 e. The number of methoxy groups -OCH3 is 1. The molecule has 1 aliphatic carbocycles. The number of likely N-dealkylation sites (N-methyl/N-ethyl adjacent to an activating group) is 2. The molecule has 4 nitrogen and oxygen atoms in total. The molecule has 1 atom stereocenters. The van der Waals surface area contributed by atoms with E-state index in [1.165, 1.54) is 39.2 Å². The van der Waals surface area contributed by atoms with Crippen LogP contribution in [0.4, 0.5) is 0 Å². The predicted molar refractivity (Wildman–Crippen MR) is 73.6 cm³/mol. The lowest BCUT2D eigenvalue weighted by atomic mass is 9.92. The normalized spacial score (nSPS) is 20.7. The van der Waals surface area contributed by atoms with E-state index in [0.717, 1.165) is 13.1 Å². The van der Waals surface area contributed by atoms with Crippen LogP contribution in [-0.4, -0.2) is 49.7 Å². The van der Waals surface area contributed by atoms with Crippen LogP contribution in [0.15, 0.2) is 0 Å². The maximum atomic E-state index is 11.9. The molecule has 0 heterocycles. The van der Waals surface area contributed by atoms with Crippen molar-refractivity contribution in [3.63, 3.8) is 0 Å². The van der Waals surface area contributed by atoms with Crippen LogP contribution in [0.3, 0.4) is 0 Å². The van der Waals surface area contributed by atoms with Gasteiger partial charge in [0.05, 0.1) is 7.11 Å². The predicted octanol–water partition coefficient (Wildman–Crippen LogP) is 1.79. The van der Waals surface area contributed by atoms with Crippen molar-refractivity contribution >= 4 is 5.97 Å². The maximum Gasteiger partial charge on any atom is 0.327 e. The Hall–Kier alpha value is -0.610. The molecule has 0 aliphatic heterocycles. The highest BCUT2D eigenvalue weighted by molar-refractivity contribution is 5.80. The van der Waals surface area contributed by atoms with Gasteiger partial charge in [-0.3, -0.25) is 9.69 Å². The van der Waals surface area contributed by atoms with E-state index in [2.05, 4.69) is 17.1 Å². The Kier molecular flexibility index (Phi) is 6.09. The van der Waals surface area contributed by atoms with Crippen molar-refractivity contribution in [2.45, 2.75) is 57.5 Å². The van der Waals surface area contributed by atoms with Crippen molar-refractivity contribution in [3.8, 4) is 0 Å². The van der Waals surface area contributed by atoms with Crippen LogP contribution in [0, 0.1) is 0 Å². The summed E-state index contributed by atoms with van der Waals surface area (Å²) in [5.74, 6) is -0.181. The molecule has 1 unspecified atom stereocenters. The monoisotopic (exact) mass is 256 g/mol. The standard InChI is InChI=1S/C14H28N2O2/c1-5-16(12-9-7-6-8-10-12)11-14(2,15-3)13(17)18-4/h12,15H,5-11H2,1-4H3. The molecule has 0 aromatic heterocycles. The molecular weight excluding hydrogens is 228 g/mol. The van der Waals surface area contributed by atoms with Gasteiger partial charge >= 0.3 is 5.97 Å². The van der Waals surface area contributed by atoms with Crippen molar-refractivity contribution in [2.24, 2.45) is 0 Å². The molecule has 1 rings (SSSR count). The van der Waals surface area contributed by atoms with E-state index in [-0.39, 0.29) is 5.97 Å². The first-order valence-corrected chi connectivity index (χ1v) is 7.08. The van der Waals surface area contributed by atoms with Gasteiger partial charge in [-0.25, -0.2) is 0 Å². The van der Waals surface area contributed by atoms with Gasteiger partial charge in [-0.1, -0.05) is 26.2 Å². The Labute approximate surface area is 111 Å². The average molecular weight is 256 g/mol. The minimum absolute atomic E-state index is 0.181.